The number of aromatic nitrogens is 2. The van der Waals surface area contributed by atoms with E-state index in [0.717, 1.165) is 31.7 Å². The quantitative estimate of drug-likeness (QED) is 0.869. The molecular weight excluding hydrogens is 224 g/mol. The number of nitrogens with two attached hydrogens (primary N) is 1. The Morgan fingerprint density at radius 2 is 2.28 bits per heavy atom. The Morgan fingerprint density at radius 3 is 3.06 bits per heavy atom. The van der Waals surface area contributed by atoms with Gasteiger partial charge >= 0.3 is 0 Å². The molecule has 3 rings (SSSR count). The predicted molar refractivity (Wildman–Crippen MR) is 72.4 cm³/mol. The van der Waals surface area contributed by atoms with E-state index in [1.807, 2.05) is 0 Å². The molecular formula is C14H24N4. The molecule has 0 bridgehead atoms. The van der Waals surface area contributed by atoms with Crippen LogP contribution in [0, 0.1) is 5.92 Å². The van der Waals surface area contributed by atoms with Crippen LogP contribution in [0.15, 0.2) is 6.20 Å². The number of rotatable bonds is 3. The molecule has 1 aromatic heterocycles. The standard InChI is InChI=1S/C14H24N4/c1-2-17-5-3-11(9-17)7-13-10-18-6-4-12(15)8-14(18)16-13/h10-12H,2-9,15H2,1H3. The van der Waals surface area contributed by atoms with E-state index in [9.17, 15) is 0 Å². The number of hydrogen-bond acceptors (Lipinski definition) is 3. The Kier molecular flexibility index (Phi) is 3.39. The second-order valence-corrected chi connectivity index (χ2v) is 5.85. The first-order valence-corrected chi connectivity index (χ1v) is 7.27. The smallest absolute Gasteiger partial charge is 0.110 e. The Morgan fingerprint density at radius 1 is 1.39 bits per heavy atom. The summed E-state index contributed by atoms with van der Waals surface area (Å²) in [6.45, 7) is 7.00. The Balaban J connectivity index is 1.64. The summed E-state index contributed by atoms with van der Waals surface area (Å²) in [5.41, 5.74) is 7.28. The van der Waals surface area contributed by atoms with E-state index in [0.29, 0.717) is 6.04 Å². The minimum absolute atomic E-state index is 0.315. The van der Waals surface area contributed by atoms with Crippen LogP contribution in [0.1, 0.15) is 31.3 Å². The molecule has 0 aliphatic carbocycles. The summed E-state index contributed by atoms with van der Waals surface area (Å²) < 4.78 is 2.31. The molecule has 100 valence electrons. The number of imidazole rings is 1. The third kappa shape index (κ3) is 2.45. The lowest BCUT2D eigenvalue weighted by molar-refractivity contribution is 0.341. The van der Waals surface area contributed by atoms with Crippen molar-refractivity contribution in [1.29, 1.82) is 0 Å². The van der Waals surface area contributed by atoms with E-state index in [-0.39, 0.29) is 0 Å². The van der Waals surface area contributed by atoms with Gasteiger partial charge in [0.15, 0.2) is 0 Å². The second-order valence-electron chi connectivity index (χ2n) is 5.85. The highest BCUT2D eigenvalue weighted by Crippen LogP contribution is 2.22. The van der Waals surface area contributed by atoms with Crippen molar-refractivity contribution in [3.05, 3.63) is 17.7 Å². The van der Waals surface area contributed by atoms with Crippen LogP contribution < -0.4 is 5.73 Å². The van der Waals surface area contributed by atoms with Crippen molar-refractivity contribution in [2.24, 2.45) is 11.7 Å². The van der Waals surface area contributed by atoms with Crippen molar-refractivity contribution in [3.8, 4) is 0 Å². The number of aryl methyl sites for hydroxylation is 1. The van der Waals surface area contributed by atoms with Crippen LogP contribution in [0.25, 0.3) is 0 Å². The first-order valence-electron chi connectivity index (χ1n) is 7.27. The van der Waals surface area contributed by atoms with Gasteiger partial charge in [0.1, 0.15) is 5.82 Å². The van der Waals surface area contributed by atoms with Crippen LogP contribution in [0.4, 0.5) is 0 Å². The summed E-state index contributed by atoms with van der Waals surface area (Å²) in [7, 11) is 0. The topological polar surface area (TPSA) is 47.1 Å². The lowest BCUT2D eigenvalue weighted by Crippen LogP contribution is -2.30. The summed E-state index contributed by atoms with van der Waals surface area (Å²) in [5.74, 6) is 2.00. The number of likely N-dealkylation sites (tertiary alicyclic amines) is 1. The molecule has 2 atom stereocenters. The Labute approximate surface area is 109 Å². The maximum Gasteiger partial charge on any atom is 0.110 e. The second kappa shape index (κ2) is 5.02. The molecule has 18 heavy (non-hydrogen) atoms. The lowest BCUT2D eigenvalue weighted by atomic mass is 10.0. The monoisotopic (exact) mass is 248 g/mol. The number of hydrogen-bond donors (Lipinski definition) is 1. The molecule has 0 aromatic carbocycles. The Bertz CT molecular complexity index is 412. The zero-order chi connectivity index (χ0) is 12.5. The zero-order valence-electron chi connectivity index (χ0n) is 11.3. The number of nitrogens with zero attached hydrogens (tertiary/aromatic N) is 3. The van der Waals surface area contributed by atoms with E-state index < -0.39 is 0 Å². The van der Waals surface area contributed by atoms with Crippen LogP contribution >= 0.6 is 0 Å². The molecule has 0 saturated carbocycles. The average molecular weight is 248 g/mol. The molecule has 2 aliphatic rings. The highest BCUT2D eigenvalue weighted by molar-refractivity contribution is 5.09. The highest BCUT2D eigenvalue weighted by Gasteiger charge is 2.24. The van der Waals surface area contributed by atoms with Crippen molar-refractivity contribution in [2.75, 3.05) is 19.6 Å². The molecule has 4 heteroatoms. The van der Waals surface area contributed by atoms with E-state index in [1.165, 1.54) is 37.6 Å². The molecule has 1 saturated heterocycles. The van der Waals surface area contributed by atoms with Gasteiger partial charge in [-0.25, -0.2) is 4.98 Å². The van der Waals surface area contributed by atoms with Crippen molar-refractivity contribution >= 4 is 0 Å². The van der Waals surface area contributed by atoms with E-state index in [2.05, 4.69) is 22.6 Å². The van der Waals surface area contributed by atoms with Crippen molar-refractivity contribution < 1.29 is 0 Å². The zero-order valence-corrected chi connectivity index (χ0v) is 11.3. The van der Waals surface area contributed by atoms with Crippen molar-refractivity contribution in [3.63, 3.8) is 0 Å². The molecule has 1 aromatic rings. The van der Waals surface area contributed by atoms with Crippen LogP contribution in [-0.4, -0.2) is 40.1 Å². The normalized spacial score (nSPS) is 28.6. The largest absolute Gasteiger partial charge is 0.335 e. The van der Waals surface area contributed by atoms with Gasteiger partial charge in [-0.15, -0.1) is 0 Å². The third-order valence-electron chi connectivity index (χ3n) is 4.41. The fourth-order valence-corrected chi connectivity index (χ4v) is 3.27. The van der Waals surface area contributed by atoms with Crippen molar-refractivity contribution in [2.45, 2.75) is 45.2 Å². The first-order chi connectivity index (χ1) is 8.74. The van der Waals surface area contributed by atoms with Gasteiger partial charge in [0.25, 0.3) is 0 Å². The molecule has 0 radical (unpaired) electrons. The maximum atomic E-state index is 6.00. The van der Waals surface area contributed by atoms with E-state index in [1.54, 1.807) is 0 Å². The van der Waals surface area contributed by atoms with Gasteiger partial charge in [-0.2, -0.15) is 0 Å². The molecule has 3 heterocycles. The summed E-state index contributed by atoms with van der Waals surface area (Å²) in [4.78, 5) is 7.32. The van der Waals surface area contributed by atoms with Gasteiger partial charge in [0.2, 0.25) is 0 Å². The third-order valence-corrected chi connectivity index (χ3v) is 4.41. The Hall–Kier alpha value is -0.870. The maximum absolute atomic E-state index is 6.00. The summed E-state index contributed by atoms with van der Waals surface area (Å²) in [6, 6.07) is 0.315. The molecule has 0 amide bonds. The van der Waals surface area contributed by atoms with Gasteiger partial charge in [-0.3, -0.25) is 0 Å². The summed E-state index contributed by atoms with van der Waals surface area (Å²) in [5, 5.41) is 0. The van der Waals surface area contributed by atoms with Crippen LogP contribution in [0.5, 0.6) is 0 Å². The van der Waals surface area contributed by atoms with Crippen LogP contribution in [0.3, 0.4) is 0 Å². The van der Waals surface area contributed by atoms with Gasteiger partial charge in [-0.05, 0) is 38.3 Å². The molecule has 4 nitrogen and oxygen atoms in total. The van der Waals surface area contributed by atoms with Crippen molar-refractivity contribution in [1.82, 2.24) is 14.5 Å². The van der Waals surface area contributed by atoms with E-state index in [4.69, 9.17) is 10.7 Å². The van der Waals surface area contributed by atoms with Gasteiger partial charge < -0.3 is 15.2 Å². The molecule has 0 spiro atoms. The van der Waals surface area contributed by atoms with Gasteiger partial charge in [-0.1, -0.05) is 6.92 Å². The minimum Gasteiger partial charge on any atom is -0.335 e. The fraction of sp³-hybridized carbons (Fsp3) is 0.786. The highest BCUT2D eigenvalue weighted by atomic mass is 15.1. The lowest BCUT2D eigenvalue weighted by Gasteiger charge is -2.18. The molecule has 2 aliphatic heterocycles. The predicted octanol–water partition coefficient (Wildman–Crippen LogP) is 1.04. The number of fused-ring (bicyclic) bond motifs is 1. The molecule has 2 N–H and O–H groups in total. The SMILES string of the molecule is CCN1CCC(Cc2cn3c(n2)CC(N)CC3)C1. The van der Waals surface area contributed by atoms with Gasteiger partial charge in [0, 0.05) is 31.7 Å². The van der Waals surface area contributed by atoms with Gasteiger partial charge in [0.05, 0.1) is 5.69 Å². The molecule has 1 fully saturated rings. The summed E-state index contributed by atoms with van der Waals surface area (Å²) >= 11 is 0. The minimum atomic E-state index is 0.315. The molecule has 2 unspecified atom stereocenters. The fourth-order valence-electron chi connectivity index (χ4n) is 3.27. The summed E-state index contributed by atoms with van der Waals surface area (Å²) in [6.07, 6.45) is 6.78. The average Bonchev–Trinajstić information content (AvgIpc) is 2.95. The van der Waals surface area contributed by atoms with E-state index >= 15 is 0 Å². The first kappa shape index (κ1) is 12.2. The van der Waals surface area contributed by atoms with Crippen LogP contribution in [0.2, 0.25) is 0 Å². The van der Waals surface area contributed by atoms with Crippen LogP contribution in [-0.2, 0) is 19.4 Å².